The van der Waals surface area contributed by atoms with E-state index in [0.717, 1.165) is 96.3 Å². The molecular weight excluding hydrogens is 991 g/mol. The van der Waals surface area contributed by atoms with Gasteiger partial charge in [0, 0.05) is 6.42 Å². The molecular formula is C64H109NO13. The molecule has 2 aliphatic heterocycles. The number of nitrogens with one attached hydrogen (secondary N) is 1. The van der Waals surface area contributed by atoms with Gasteiger partial charge in [-0.1, -0.05) is 220 Å². The zero-order valence-corrected chi connectivity index (χ0v) is 48.1. The van der Waals surface area contributed by atoms with E-state index >= 15 is 0 Å². The third kappa shape index (κ3) is 33.6. The Morgan fingerprint density at radius 1 is 0.474 bits per heavy atom. The van der Waals surface area contributed by atoms with E-state index in [9.17, 15) is 45.6 Å². The summed E-state index contributed by atoms with van der Waals surface area (Å²) in [4.78, 5) is 13.3. The van der Waals surface area contributed by atoms with Crippen LogP contribution in [0, 0.1) is 0 Å². The molecule has 2 fully saturated rings. The van der Waals surface area contributed by atoms with E-state index in [0.29, 0.717) is 6.42 Å². The number of hydrogen-bond donors (Lipinski definition) is 9. The van der Waals surface area contributed by atoms with Crippen molar-refractivity contribution in [1.82, 2.24) is 5.32 Å². The van der Waals surface area contributed by atoms with Gasteiger partial charge in [0.05, 0.1) is 32.0 Å². The van der Waals surface area contributed by atoms with Crippen LogP contribution in [0.2, 0.25) is 0 Å². The lowest BCUT2D eigenvalue weighted by Gasteiger charge is -2.46. The highest BCUT2D eigenvalue weighted by Crippen LogP contribution is 2.30. The molecule has 2 saturated heterocycles. The fourth-order valence-electron chi connectivity index (χ4n) is 9.39. The van der Waals surface area contributed by atoms with E-state index in [1.54, 1.807) is 6.08 Å². The first-order valence-electron chi connectivity index (χ1n) is 30.5. The molecule has 448 valence electrons. The average molecular weight is 1100 g/mol. The van der Waals surface area contributed by atoms with Crippen molar-refractivity contribution in [3.8, 4) is 0 Å². The van der Waals surface area contributed by atoms with Gasteiger partial charge >= 0.3 is 0 Å². The molecule has 0 bridgehead atoms. The molecule has 2 aliphatic rings. The normalized spacial score (nSPS) is 25.3. The van der Waals surface area contributed by atoms with Crippen molar-refractivity contribution in [2.24, 2.45) is 0 Å². The predicted molar refractivity (Wildman–Crippen MR) is 313 cm³/mol. The lowest BCUT2D eigenvalue weighted by molar-refractivity contribution is -0.359. The number of ether oxygens (including phenoxy) is 4. The van der Waals surface area contributed by atoms with Crippen LogP contribution in [0.25, 0.3) is 0 Å². The van der Waals surface area contributed by atoms with Crippen LogP contribution in [-0.2, 0) is 23.7 Å². The molecule has 2 heterocycles. The summed E-state index contributed by atoms with van der Waals surface area (Å²) in [5.41, 5.74) is 0. The SMILES string of the molecule is CC/C=C\C/C=C\C/C=C\C/C=C\C/C=C\C/C=C\C/C=C\CCCCCCCC(=O)NC(COC1OC(CO)C(OC2OC(CO)C(O)C(O)C2O)C(O)C1O)C(O)/C=C/CCCCCCCCCCCCCCCCC. The highest BCUT2D eigenvalue weighted by atomic mass is 16.7. The molecule has 14 nitrogen and oxygen atoms in total. The van der Waals surface area contributed by atoms with E-state index < -0.39 is 86.8 Å². The number of carbonyl (C=O) groups excluding carboxylic acids is 1. The topological polar surface area (TPSA) is 228 Å². The summed E-state index contributed by atoms with van der Waals surface area (Å²) < 4.78 is 22.8. The first-order chi connectivity index (χ1) is 38.1. The minimum absolute atomic E-state index is 0.253. The van der Waals surface area contributed by atoms with Crippen LogP contribution in [0.5, 0.6) is 0 Å². The largest absolute Gasteiger partial charge is 0.394 e. The number of unbranched alkanes of at least 4 members (excludes halogenated alkanes) is 20. The van der Waals surface area contributed by atoms with E-state index in [4.69, 9.17) is 18.9 Å². The molecule has 0 spiro atoms. The average Bonchev–Trinajstić information content (AvgIpc) is 3.44. The standard InChI is InChI=1S/C64H109NO13/c1-3-5-7-9-11-13-15-17-19-21-22-23-24-25-26-27-28-29-30-32-34-36-38-40-42-44-46-48-56(69)65-52(53(68)47-45-43-41-39-37-35-33-31-20-18-16-14-12-10-8-6-4-2)51-75-63-61(74)59(72)62(55(50-67)77-63)78-64-60(73)58(71)57(70)54(49-66)76-64/h5,7,11,13,17,19,22-23,25-26,28-29,32,34,45,47,52-55,57-64,66-68,70-74H,3-4,6,8-10,12,14-16,18,20-21,24,27,30-31,33,35-44,46,48-51H2,1-2H3,(H,65,69)/b7-5-,13-11-,19-17-,23-22-,26-25-,29-28-,34-32-,47-45+. The highest BCUT2D eigenvalue weighted by Gasteiger charge is 2.51. The smallest absolute Gasteiger partial charge is 0.220 e. The molecule has 0 aromatic carbocycles. The number of amides is 1. The summed E-state index contributed by atoms with van der Waals surface area (Å²) >= 11 is 0. The van der Waals surface area contributed by atoms with Crippen molar-refractivity contribution in [3.05, 3.63) is 97.2 Å². The Labute approximate surface area is 471 Å². The minimum Gasteiger partial charge on any atom is -0.394 e. The van der Waals surface area contributed by atoms with E-state index in [1.807, 2.05) is 6.08 Å². The number of aliphatic hydroxyl groups excluding tert-OH is 8. The second kappa shape index (κ2) is 48.6. The molecule has 2 rings (SSSR count). The van der Waals surface area contributed by atoms with Crippen LogP contribution < -0.4 is 5.32 Å². The van der Waals surface area contributed by atoms with Crippen molar-refractivity contribution < 1.29 is 64.6 Å². The van der Waals surface area contributed by atoms with Crippen molar-refractivity contribution in [1.29, 1.82) is 0 Å². The van der Waals surface area contributed by atoms with Crippen molar-refractivity contribution in [2.75, 3.05) is 19.8 Å². The fraction of sp³-hybridized carbons (Fsp3) is 0.734. The quantitative estimate of drug-likeness (QED) is 0.0204. The zero-order valence-electron chi connectivity index (χ0n) is 48.1. The van der Waals surface area contributed by atoms with Crippen molar-refractivity contribution in [3.63, 3.8) is 0 Å². The maximum absolute atomic E-state index is 13.3. The second-order valence-corrected chi connectivity index (χ2v) is 21.1. The van der Waals surface area contributed by atoms with Gasteiger partial charge in [0.1, 0.15) is 48.8 Å². The lowest BCUT2D eigenvalue weighted by atomic mass is 9.97. The number of allylic oxidation sites excluding steroid dienone is 15. The van der Waals surface area contributed by atoms with Crippen LogP contribution in [0.1, 0.15) is 206 Å². The summed E-state index contributed by atoms with van der Waals surface area (Å²) in [6.07, 6.45) is 50.0. The van der Waals surface area contributed by atoms with Crippen LogP contribution in [-0.4, -0.2) is 140 Å². The Balaban J connectivity index is 1.77. The molecule has 0 radical (unpaired) electrons. The van der Waals surface area contributed by atoms with Gasteiger partial charge in [-0.05, 0) is 77.0 Å². The van der Waals surface area contributed by atoms with Gasteiger partial charge in [-0.25, -0.2) is 0 Å². The summed E-state index contributed by atoms with van der Waals surface area (Å²) in [6.45, 7) is 2.66. The Bertz CT molecular complexity index is 1680. The first-order valence-corrected chi connectivity index (χ1v) is 30.5. The molecule has 14 heteroatoms. The van der Waals surface area contributed by atoms with Gasteiger partial charge in [-0.3, -0.25) is 4.79 Å². The highest BCUT2D eigenvalue weighted by molar-refractivity contribution is 5.76. The van der Waals surface area contributed by atoms with E-state index in [1.165, 1.54) is 83.5 Å². The van der Waals surface area contributed by atoms with Crippen molar-refractivity contribution in [2.45, 2.75) is 280 Å². The minimum atomic E-state index is -1.79. The Hall–Kier alpha value is -3.09. The summed E-state index contributed by atoms with van der Waals surface area (Å²) in [5.74, 6) is -0.262. The van der Waals surface area contributed by atoms with Crippen LogP contribution in [0.4, 0.5) is 0 Å². The van der Waals surface area contributed by atoms with Gasteiger partial charge < -0.3 is 65.1 Å². The molecule has 1 amide bonds. The third-order valence-electron chi connectivity index (χ3n) is 14.3. The number of hydrogen-bond acceptors (Lipinski definition) is 13. The third-order valence-corrected chi connectivity index (χ3v) is 14.3. The predicted octanol–water partition coefficient (Wildman–Crippen LogP) is 10.7. The summed E-state index contributed by atoms with van der Waals surface area (Å²) in [5, 5.41) is 87.1. The van der Waals surface area contributed by atoms with E-state index in [2.05, 4.69) is 104 Å². The van der Waals surface area contributed by atoms with Gasteiger partial charge in [0.15, 0.2) is 12.6 Å². The molecule has 12 atom stereocenters. The van der Waals surface area contributed by atoms with Gasteiger partial charge in [0.2, 0.25) is 5.91 Å². The second-order valence-electron chi connectivity index (χ2n) is 21.1. The molecule has 0 aromatic heterocycles. The maximum Gasteiger partial charge on any atom is 0.220 e. The first kappa shape index (κ1) is 71.0. The van der Waals surface area contributed by atoms with Gasteiger partial charge in [-0.15, -0.1) is 0 Å². The summed E-state index contributed by atoms with van der Waals surface area (Å²) in [7, 11) is 0. The Morgan fingerprint density at radius 3 is 1.36 bits per heavy atom. The Kier molecular flexibility index (Phi) is 44.3. The number of rotatable bonds is 47. The lowest BCUT2D eigenvalue weighted by Crippen LogP contribution is -2.65. The van der Waals surface area contributed by atoms with Crippen LogP contribution in [0.15, 0.2) is 97.2 Å². The fourth-order valence-corrected chi connectivity index (χ4v) is 9.39. The summed E-state index contributed by atoms with van der Waals surface area (Å²) in [6, 6.07) is -0.932. The molecule has 9 N–H and O–H groups in total. The Morgan fingerprint density at radius 2 is 0.885 bits per heavy atom. The zero-order chi connectivity index (χ0) is 56.7. The molecule has 0 saturated carbocycles. The number of aliphatic hydroxyl groups is 8. The van der Waals surface area contributed by atoms with Crippen LogP contribution in [0.3, 0.4) is 0 Å². The van der Waals surface area contributed by atoms with Gasteiger partial charge in [-0.2, -0.15) is 0 Å². The number of carbonyl (C=O) groups is 1. The maximum atomic E-state index is 13.3. The molecule has 0 aromatic rings. The van der Waals surface area contributed by atoms with Crippen molar-refractivity contribution >= 4 is 5.91 Å². The monoisotopic (exact) mass is 1100 g/mol. The molecule has 12 unspecified atom stereocenters. The van der Waals surface area contributed by atoms with Crippen LogP contribution >= 0.6 is 0 Å². The molecule has 78 heavy (non-hydrogen) atoms. The molecule has 0 aliphatic carbocycles. The van der Waals surface area contributed by atoms with Gasteiger partial charge in [0.25, 0.3) is 0 Å². The van der Waals surface area contributed by atoms with E-state index in [-0.39, 0.29) is 18.9 Å².